The molecule has 0 saturated carbocycles. The molecule has 0 N–H and O–H groups in total. The summed E-state index contributed by atoms with van der Waals surface area (Å²) in [5.74, 6) is 2.21. The van der Waals surface area contributed by atoms with Gasteiger partial charge in [-0.3, -0.25) is 4.90 Å². The van der Waals surface area contributed by atoms with Crippen molar-refractivity contribution in [1.29, 1.82) is 0 Å². The fourth-order valence-corrected chi connectivity index (χ4v) is 3.87. The average Bonchev–Trinajstić information content (AvgIpc) is 2.57. The summed E-state index contributed by atoms with van der Waals surface area (Å²) >= 11 is 0. The van der Waals surface area contributed by atoms with Crippen LogP contribution in [-0.2, 0) is 0 Å². The first-order valence-corrected chi connectivity index (χ1v) is 12.0. The minimum Gasteiger partial charge on any atom is -0.305 e. The van der Waals surface area contributed by atoms with Crippen LogP contribution in [0.4, 0.5) is 0 Å². The molecule has 5 nitrogen and oxygen atoms in total. The molecule has 0 aliphatic carbocycles. The zero-order valence-corrected chi connectivity index (χ0v) is 21.7. The molecule has 5 heteroatoms. The van der Waals surface area contributed by atoms with E-state index in [0.717, 1.165) is 57.0 Å². The molecule has 176 valence electrons. The van der Waals surface area contributed by atoms with E-state index < -0.39 is 0 Å². The van der Waals surface area contributed by atoms with Gasteiger partial charge in [0.15, 0.2) is 0 Å². The van der Waals surface area contributed by atoms with Crippen molar-refractivity contribution in [3.63, 3.8) is 0 Å². The summed E-state index contributed by atoms with van der Waals surface area (Å²) in [6, 6.07) is 0. The molecule has 29 heavy (non-hydrogen) atoms. The largest absolute Gasteiger partial charge is 0.305 e. The van der Waals surface area contributed by atoms with Crippen LogP contribution in [0.2, 0.25) is 0 Å². The van der Waals surface area contributed by atoms with Crippen molar-refractivity contribution in [1.82, 2.24) is 24.5 Å². The highest BCUT2D eigenvalue weighted by Crippen LogP contribution is 2.01. The van der Waals surface area contributed by atoms with E-state index in [-0.39, 0.29) is 0 Å². The Balaban J connectivity index is 4.43. The number of hydrogen-bond acceptors (Lipinski definition) is 5. The van der Waals surface area contributed by atoms with Crippen LogP contribution in [-0.4, -0.2) is 125 Å². The van der Waals surface area contributed by atoms with Gasteiger partial charge in [0.05, 0.1) is 0 Å². The lowest BCUT2D eigenvalue weighted by atomic mass is 10.2. The second-order valence-electron chi connectivity index (χ2n) is 10.6. The van der Waals surface area contributed by atoms with E-state index in [0.29, 0.717) is 0 Å². The van der Waals surface area contributed by atoms with E-state index in [2.05, 4.69) is 94.2 Å². The van der Waals surface area contributed by atoms with Crippen molar-refractivity contribution < 1.29 is 0 Å². The Bertz CT molecular complexity index is 352. The summed E-state index contributed by atoms with van der Waals surface area (Å²) in [4.78, 5) is 12.6. The molecule has 0 aliphatic rings. The molecule has 0 atom stereocenters. The van der Waals surface area contributed by atoms with Crippen molar-refractivity contribution in [2.45, 2.75) is 41.5 Å². The van der Waals surface area contributed by atoms with Crippen LogP contribution in [0.25, 0.3) is 0 Å². The first-order chi connectivity index (χ1) is 13.5. The van der Waals surface area contributed by atoms with Gasteiger partial charge in [-0.05, 0) is 45.9 Å². The van der Waals surface area contributed by atoms with Gasteiger partial charge < -0.3 is 19.6 Å². The predicted molar refractivity (Wildman–Crippen MR) is 131 cm³/mol. The monoisotopic (exact) mass is 413 g/mol. The lowest BCUT2D eigenvalue weighted by Gasteiger charge is -2.30. The average molecular weight is 414 g/mol. The lowest BCUT2D eigenvalue weighted by Crippen LogP contribution is -2.43. The highest BCUT2D eigenvalue weighted by molar-refractivity contribution is 4.68. The minimum atomic E-state index is 0.736. The number of nitrogens with zero attached hydrogens (tertiary/aromatic N) is 5. The fourth-order valence-electron chi connectivity index (χ4n) is 3.87. The maximum absolute atomic E-state index is 2.67. The Morgan fingerprint density at radius 2 is 0.621 bits per heavy atom. The van der Waals surface area contributed by atoms with Gasteiger partial charge in [0.25, 0.3) is 0 Å². The van der Waals surface area contributed by atoms with E-state index in [1.807, 2.05) is 0 Å². The first kappa shape index (κ1) is 28.8. The zero-order chi connectivity index (χ0) is 22.4. The maximum atomic E-state index is 2.67. The molecule has 0 bridgehead atoms. The summed E-state index contributed by atoms with van der Waals surface area (Å²) in [7, 11) is 9.05. The number of likely N-dealkylation sites (N-methyl/N-ethyl adjacent to an activating group) is 4. The zero-order valence-electron chi connectivity index (χ0n) is 21.7. The lowest BCUT2D eigenvalue weighted by molar-refractivity contribution is 0.165. The van der Waals surface area contributed by atoms with Crippen LogP contribution < -0.4 is 0 Å². The van der Waals surface area contributed by atoms with Crippen LogP contribution in [0.5, 0.6) is 0 Å². The van der Waals surface area contributed by atoms with Gasteiger partial charge in [0.2, 0.25) is 0 Å². The van der Waals surface area contributed by atoms with E-state index in [9.17, 15) is 0 Å². The Labute approximate surface area is 184 Å². The molecule has 0 aromatic rings. The van der Waals surface area contributed by atoms with Gasteiger partial charge >= 0.3 is 0 Å². The van der Waals surface area contributed by atoms with Crippen molar-refractivity contribution in [3.8, 4) is 0 Å². The van der Waals surface area contributed by atoms with Gasteiger partial charge in [-0.15, -0.1) is 0 Å². The molecule has 0 unspecified atom stereocenters. The first-order valence-electron chi connectivity index (χ1n) is 12.0. The van der Waals surface area contributed by atoms with E-state index >= 15 is 0 Å². The van der Waals surface area contributed by atoms with Crippen molar-refractivity contribution >= 4 is 0 Å². The normalized spacial score (nSPS) is 13.0. The molecule has 0 heterocycles. The number of hydrogen-bond donors (Lipinski definition) is 0. The van der Waals surface area contributed by atoms with E-state index in [1.54, 1.807) is 0 Å². The van der Waals surface area contributed by atoms with Gasteiger partial charge in [0.1, 0.15) is 0 Å². The molecular formula is C24H55N5. The smallest absolute Gasteiger partial charge is 0.0110 e. The third-order valence-corrected chi connectivity index (χ3v) is 5.29. The highest BCUT2D eigenvalue weighted by Gasteiger charge is 2.12. The van der Waals surface area contributed by atoms with Crippen LogP contribution in [0.15, 0.2) is 0 Å². The summed E-state index contributed by atoms with van der Waals surface area (Å²) in [6.07, 6.45) is 0. The summed E-state index contributed by atoms with van der Waals surface area (Å²) in [5.41, 5.74) is 0. The molecule has 0 fully saturated rings. The van der Waals surface area contributed by atoms with Crippen molar-refractivity contribution in [2.24, 2.45) is 17.8 Å². The molecule has 0 spiro atoms. The highest BCUT2D eigenvalue weighted by atomic mass is 15.2. The molecule has 0 amide bonds. The minimum absolute atomic E-state index is 0.736. The fraction of sp³-hybridized carbons (Fsp3) is 1.00. The SMILES string of the molecule is CC(C)CN(C)CCN(C)CCN(CCN(C)CC(C)C)CCN(C)CC(C)C. The van der Waals surface area contributed by atoms with Crippen LogP contribution in [0, 0.1) is 17.8 Å². The van der Waals surface area contributed by atoms with E-state index in [1.165, 1.54) is 32.7 Å². The second kappa shape index (κ2) is 16.5. The maximum Gasteiger partial charge on any atom is 0.0110 e. The van der Waals surface area contributed by atoms with Gasteiger partial charge in [-0.1, -0.05) is 41.5 Å². The second-order valence-corrected chi connectivity index (χ2v) is 10.6. The van der Waals surface area contributed by atoms with Crippen LogP contribution in [0.3, 0.4) is 0 Å². The van der Waals surface area contributed by atoms with Crippen LogP contribution >= 0.6 is 0 Å². The summed E-state index contributed by atoms with van der Waals surface area (Å²) in [5, 5.41) is 0. The molecule has 0 aromatic heterocycles. The van der Waals surface area contributed by atoms with Gasteiger partial charge in [-0.25, -0.2) is 0 Å². The van der Waals surface area contributed by atoms with Gasteiger partial charge in [-0.2, -0.15) is 0 Å². The molecule has 0 radical (unpaired) electrons. The van der Waals surface area contributed by atoms with Gasteiger partial charge in [0, 0.05) is 72.0 Å². The number of rotatable bonds is 18. The molecular weight excluding hydrogens is 358 g/mol. The predicted octanol–water partition coefficient (Wildman–Crippen LogP) is 2.98. The van der Waals surface area contributed by atoms with Crippen LogP contribution in [0.1, 0.15) is 41.5 Å². The topological polar surface area (TPSA) is 16.2 Å². The summed E-state index contributed by atoms with van der Waals surface area (Å²) in [6.45, 7) is 26.6. The third-order valence-electron chi connectivity index (χ3n) is 5.29. The quantitative estimate of drug-likeness (QED) is 0.342. The Kier molecular flexibility index (Phi) is 16.4. The van der Waals surface area contributed by atoms with Crippen molar-refractivity contribution in [3.05, 3.63) is 0 Å². The Hall–Kier alpha value is -0.200. The third kappa shape index (κ3) is 18.3. The molecule has 0 aromatic carbocycles. The molecule has 0 rings (SSSR count). The standard InChI is InChI=1S/C24H55N5/c1-22(2)19-26(8)12-11-25(7)13-16-29(17-14-27(9)20-23(3)4)18-15-28(10)21-24(5)6/h22-24H,11-21H2,1-10H3. The summed E-state index contributed by atoms with van der Waals surface area (Å²) < 4.78 is 0. The van der Waals surface area contributed by atoms with E-state index in [4.69, 9.17) is 0 Å². The van der Waals surface area contributed by atoms with Crippen molar-refractivity contribution in [2.75, 3.05) is 100 Å². The Morgan fingerprint density at radius 1 is 0.379 bits per heavy atom. The Morgan fingerprint density at radius 3 is 0.931 bits per heavy atom. The molecule has 0 aliphatic heterocycles. The molecule has 0 saturated heterocycles.